The van der Waals surface area contributed by atoms with E-state index in [0.717, 1.165) is 17.7 Å². The van der Waals surface area contributed by atoms with Crippen molar-refractivity contribution in [2.45, 2.75) is 25.1 Å². The standard InChI is InChI=1S/C16H21NOS/c1-12(2)17-10-14(19)11-18-16-9-5-7-13-6-3-4-8-15(13)16/h3-9,12,14,17,19H,10-11H2,1-2H3/t14-/m1/s1. The van der Waals surface area contributed by atoms with Crippen molar-refractivity contribution in [3.8, 4) is 5.75 Å². The molecule has 0 unspecified atom stereocenters. The van der Waals surface area contributed by atoms with Gasteiger partial charge in [-0.1, -0.05) is 50.2 Å². The van der Waals surface area contributed by atoms with Gasteiger partial charge in [0, 0.05) is 23.2 Å². The van der Waals surface area contributed by atoms with E-state index in [1.165, 1.54) is 5.39 Å². The molecule has 0 bridgehead atoms. The number of benzene rings is 2. The van der Waals surface area contributed by atoms with E-state index < -0.39 is 0 Å². The molecule has 0 aliphatic heterocycles. The third-order valence-corrected chi connectivity index (χ3v) is 3.27. The maximum Gasteiger partial charge on any atom is 0.127 e. The van der Waals surface area contributed by atoms with Crippen LogP contribution < -0.4 is 10.1 Å². The maximum absolute atomic E-state index is 5.90. The molecule has 0 heterocycles. The van der Waals surface area contributed by atoms with Gasteiger partial charge in [0.2, 0.25) is 0 Å². The number of fused-ring (bicyclic) bond motifs is 1. The Morgan fingerprint density at radius 2 is 1.84 bits per heavy atom. The van der Waals surface area contributed by atoms with Crippen LogP contribution in [0.1, 0.15) is 13.8 Å². The van der Waals surface area contributed by atoms with Crippen molar-refractivity contribution in [1.82, 2.24) is 5.32 Å². The van der Waals surface area contributed by atoms with Crippen LogP contribution in [0, 0.1) is 0 Å². The zero-order chi connectivity index (χ0) is 13.7. The molecular formula is C16H21NOS. The van der Waals surface area contributed by atoms with Crippen LogP contribution in [-0.4, -0.2) is 24.4 Å². The molecule has 0 aliphatic carbocycles. The molecule has 0 amide bonds. The van der Waals surface area contributed by atoms with Crippen LogP contribution >= 0.6 is 12.6 Å². The monoisotopic (exact) mass is 275 g/mol. The Hall–Kier alpha value is -1.19. The van der Waals surface area contributed by atoms with Gasteiger partial charge in [0.05, 0.1) is 0 Å². The van der Waals surface area contributed by atoms with E-state index in [1.54, 1.807) is 0 Å². The molecule has 0 aliphatic rings. The van der Waals surface area contributed by atoms with E-state index >= 15 is 0 Å². The molecule has 0 radical (unpaired) electrons. The second kappa shape index (κ2) is 6.83. The molecule has 2 nitrogen and oxygen atoms in total. The van der Waals surface area contributed by atoms with Crippen LogP contribution in [0.4, 0.5) is 0 Å². The van der Waals surface area contributed by atoms with Crippen molar-refractivity contribution in [2.75, 3.05) is 13.2 Å². The Labute approximate surface area is 120 Å². The molecule has 0 saturated carbocycles. The lowest BCUT2D eigenvalue weighted by Crippen LogP contribution is -2.32. The Morgan fingerprint density at radius 3 is 2.63 bits per heavy atom. The molecule has 0 aromatic heterocycles. The summed E-state index contributed by atoms with van der Waals surface area (Å²) in [7, 11) is 0. The lowest BCUT2D eigenvalue weighted by atomic mass is 10.1. The third-order valence-electron chi connectivity index (χ3n) is 2.94. The summed E-state index contributed by atoms with van der Waals surface area (Å²) in [4.78, 5) is 0. The predicted octanol–water partition coefficient (Wildman–Crippen LogP) is 3.52. The minimum absolute atomic E-state index is 0.196. The van der Waals surface area contributed by atoms with Crippen molar-refractivity contribution < 1.29 is 4.74 Å². The lowest BCUT2D eigenvalue weighted by molar-refractivity contribution is 0.316. The summed E-state index contributed by atoms with van der Waals surface area (Å²) < 4.78 is 5.90. The molecular weight excluding hydrogens is 254 g/mol. The zero-order valence-corrected chi connectivity index (χ0v) is 12.4. The molecule has 1 atom stereocenters. The fourth-order valence-electron chi connectivity index (χ4n) is 1.94. The van der Waals surface area contributed by atoms with E-state index in [4.69, 9.17) is 4.74 Å². The highest BCUT2D eigenvalue weighted by Crippen LogP contribution is 2.25. The van der Waals surface area contributed by atoms with Gasteiger partial charge >= 0.3 is 0 Å². The van der Waals surface area contributed by atoms with Gasteiger partial charge in [0.15, 0.2) is 0 Å². The van der Waals surface area contributed by atoms with Crippen molar-refractivity contribution in [3.63, 3.8) is 0 Å². The van der Waals surface area contributed by atoms with Crippen LogP contribution in [0.5, 0.6) is 5.75 Å². The molecule has 102 valence electrons. The van der Waals surface area contributed by atoms with Gasteiger partial charge in [-0.3, -0.25) is 0 Å². The largest absolute Gasteiger partial charge is 0.492 e. The molecule has 0 spiro atoms. The van der Waals surface area contributed by atoms with Gasteiger partial charge in [0.1, 0.15) is 12.4 Å². The Kier molecular flexibility index (Phi) is 5.11. The number of hydrogen-bond acceptors (Lipinski definition) is 3. The highest BCUT2D eigenvalue weighted by atomic mass is 32.1. The summed E-state index contributed by atoms with van der Waals surface area (Å²) in [5, 5.41) is 5.92. The Morgan fingerprint density at radius 1 is 1.11 bits per heavy atom. The fraction of sp³-hybridized carbons (Fsp3) is 0.375. The number of hydrogen-bond donors (Lipinski definition) is 2. The molecule has 0 saturated heterocycles. The molecule has 0 fully saturated rings. The van der Waals surface area contributed by atoms with Crippen molar-refractivity contribution in [1.29, 1.82) is 0 Å². The smallest absolute Gasteiger partial charge is 0.127 e. The summed E-state index contributed by atoms with van der Waals surface area (Å²) in [6, 6.07) is 14.9. The van der Waals surface area contributed by atoms with Crippen LogP contribution in [0.3, 0.4) is 0 Å². The number of thiol groups is 1. The average molecular weight is 275 g/mol. The van der Waals surface area contributed by atoms with Crippen LogP contribution in [0.2, 0.25) is 0 Å². The molecule has 19 heavy (non-hydrogen) atoms. The Bertz CT molecular complexity index is 522. The SMILES string of the molecule is CC(C)NC[C@@H](S)COc1cccc2ccccc12. The van der Waals surface area contributed by atoms with Gasteiger partial charge in [-0.25, -0.2) is 0 Å². The molecule has 3 heteroatoms. The van der Waals surface area contributed by atoms with Crippen LogP contribution in [0.25, 0.3) is 10.8 Å². The minimum Gasteiger partial charge on any atom is -0.492 e. The summed E-state index contributed by atoms with van der Waals surface area (Å²) >= 11 is 4.54. The number of ether oxygens (including phenoxy) is 1. The highest BCUT2D eigenvalue weighted by molar-refractivity contribution is 7.81. The third kappa shape index (κ3) is 4.15. The van der Waals surface area contributed by atoms with E-state index in [2.05, 4.69) is 50.0 Å². The van der Waals surface area contributed by atoms with E-state index in [1.807, 2.05) is 24.3 Å². The first-order chi connectivity index (χ1) is 9.16. The average Bonchev–Trinajstić information content (AvgIpc) is 2.42. The van der Waals surface area contributed by atoms with Crippen LogP contribution in [0.15, 0.2) is 42.5 Å². The molecule has 2 aromatic carbocycles. The normalized spacial score (nSPS) is 12.8. The predicted molar refractivity (Wildman–Crippen MR) is 85.4 cm³/mol. The summed E-state index contributed by atoms with van der Waals surface area (Å²) in [5.41, 5.74) is 0. The highest BCUT2D eigenvalue weighted by Gasteiger charge is 2.07. The van der Waals surface area contributed by atoms with E-state index in [-0.39, 0.29) is 5.25 Å². The van der Waals surface area contributed by atoms with E-state index in [9.17, 15) is 0 Å². The van der Waals surface area contributed by atoms with Gasteiger partial charge in [-0.05, 0) is 11.5 Å². The summed E-state index contributed by atoms with van der Waals surface area (Å²) in [6.07, 6.45) is 0. The number of rotatable bonds is 6. The molecule has 2 rings (SSSR count). The second-order valence-corrected chi connectivity index (χ2v) is 5.74. The number of nitrogens with one attached hydrogen (secondary N) is 1. The first-order valence-electron chi connectivity index (χ1n) is 6.69. The first kappa shape index (κ1) is 14.2. The van der Waals surface area contributed by atoms with Crippen molar-refractivity contribution in [3.05, 3.63) is 42.5 Å². The second-order valence-electron chi connectivity index (χ2n) is 5.01. The fourth-order valence-corrected chi connectivity index (χ4v) is 2.12. The van der Waals surface area contributed by atoms with Crippen LogP contribution in [-0.2, 0) is 0 Å². The van der Waals surface area contributed by atoms with Gasteiger partial charge < -0.3 is 10.1 Å². The maximum atomic E-state index is 5.90. The van der Waals surface area contributed by atoms with Gasteiger partial charge in [-0.2, -0.15) is 12.6 Å². The summed E-state index contributed by atoms with van der Waals surface area (Å²) in [6.45, 7) is 5.72. The van der Waals surface area contributed by atoms with Gasteiger partial charge in [0.25, 0.3) is 0 Å². The van der Waals surface area contributed by atoms with Crippen molar-refractivity contribution >= 4 is 23.4 Å². The van der Waals surface area contributed by atoms with E-state index in [0.29, 0.717) is 12.6 Å². The first-order valence-corrected chi connectivity index (χ1v) is 7.20. The quantitative estimate of drug-likeness (QED) is 0.787. The van der Waals surface area contributed by atoms with Crippen molar-refractivity contribution in [2.24, 2.45) is 0 Å². The minimum atomic E-state index is 0.196. The molecule has 1 N–H and O–H groups in total. The zero-order valence-electron chi connectivity index (χ0n) is 11.5. The lowest BCUT2D eigenvalue weighted by Gasteiger charge is -2.16. The molecule has 2 aromatic rings. The Balaban J connectivity index is 1.98. The van der Waals surface area contributed by atoms with Gasteiger partial charge in [-0.15, -0.1) is 0 Å². The topological polar surface area (TPSA) is 21.3 Å². The summed E-state index contributed by atoms with van der Waals surface area (Å²) in [5.74, 6) is 0.932.